The molecule has 1 amide bonds. The molecular formula is C16H16N2O2S. The van der Waals surface area contributed by atoms with Crippen LogP contribution in [-0.2, 0) is 0 Å². The lowest BCUT2D eigenvalue weighted by molar-refractivity contribution is 0.0955. The van der Waals surface area contributed by atoms with E-state index in [0.717, 1.165) is 6.42 Å². The van der Waals surface area contributed by atoms with E-state index in [0.29, 0.717) is 10.6 Å². The van der Waals surface area contributed by atoms with Crippen LogP contribution >= 0.6 is 12.2 Å². The lowest BCUT2D eigenvalue weighted by Crippen LogP contribution is -2.36. The van der Waals surface area contributed by atoms with E-state index >= 15 is 0 Å². The molecule has 1 aromatic carbocycles. The largest absolute Gasteiger partial charge is 0.434 e. The summed E-state index contributed by atoms with van der Waals surface area (Å²) in [5, 5.41) is 0. The van der Waals surface area contributed by atoms with Crippen LogP contribution in [0.1, 0.15) is 17.9 Å². The van der Waals surface area contributed by atoms with Gasteiger partial charge in [-0.05, 0) is 24.1 Å². The summed E-state index contributed by atoms with van der Waals surface area (Å²) in [5.41, 5.74) is 1.26. The number of pyridine rings is 1. The molecule has 5 heteroatoms. The van der Waals surface area contributed by atoms with E-state index < -0.39 is 0 Å². The molecule has 0 bridgehead atoms. The van der Waals surface area contributed by atoms with Gasteiger partial charge in [-0.1, -0.05) is 48.6 Å². The summed E-state index contributed by atoms with van der Waals surface area (Å²) in [6.45, 7) is 0. The van der Waals surface area contributed by atoms with Crippen molar-refractivity contribution in [2.75, 3.05) is 7.05 Å². The number of hydrogen-bond acceptors (Lipinski definition) is 3. The molecule has 1 aromatic heterocycles. The van der Waals surface area contributed by atoms with E-state index in [9.17, 15) is 4.79 Å². The topological polar surface area (TPSA) is 34.5 Å². The molecule has 21 heavy (non-hydrogen) atoms. The highest BCUT2D eigenvalue weighted by atomic mass is 32.1. The molecule has 1 aliphatic carbocycles. The summed E-state index contributed by atoms with van der Waals surface area (Å²) in [6.07, 6.45) is 2.21. The van der Waals surface area contributed by atoms with Crippen LogP contribution in [0.4, 0.5) is 4.79 Å². The van der Waals surface area contributed by atoms with Crippen molar-refractivity contribution in [2.45, 2.75) is 18.4 Å². The summed E-state index contributed by atoms with van der Waals surface area (Å²) in [4.78, 5) is 19.1. The van der Waals surface area contributed by atoms with Crippen LogP contribution in [0.3, 0.4) is 0 Å². The second-order valence-electron chi connectivity index (χ2n) is 5.15. The van der Waals surface area contributed by atoms with Crippen LogP contribution in [0.5, 0.6) is 0 Å². The van der Waals surface area contributed by atoms with Crippen molar-refractivity contribution >= 4 is 18.3 Å². The minimum atomic E-state index is -0.388. The Morgan fingerprint density at radius 2 is 1.95 bits per heavy atom. The number of rotatable bonds is 3. The number of benzene rings is 1. The maximum absolute atomic E-state index is 12.2. The van der Waals surface area contributed by atoms with Crippen LogP contribution in [0, 0.1) is 4.64 Å². The van der Waals surface area contributed by atoms with Gasteiger partial charge in [-0.2, -0.15) is 4.73 Å². The van der Waals surface area contributed by atoms with E-state index in [4.69, 9.17) is 17.1 Å². The van der Waals surface area contributed by atoms with Gasteiger partial charge in [0.25, 0.3) is 0 Å². The molecule has 1 aliphatic rings. The summed E-state index contributed by atoms with van der Waals surface area (Å²) in [6, 6.07) is 15.7. The number of amides is 1. The molecule has 0 saturated heterocycles. The first-order valence-corrected chi connectivity index (χ1v) is 7.25. The van der Waals surface area contributed by atoms with E-state index in [-0.39, 0.29) is 12.1 Å². The smallest absolute Gasteiger partial charge is 0.316 e. The van der Waals surface area contributed by atoms with Gasteiger partial charge in [0.15, 0.2) is 0 Å². The van der Waals surface area contributed by atoms with Crippen LogP contribution in [0.25, 0.3) is 0 Å². The number of likely N-dealkylation sites (N-methyl/N-ethyl adjacent to an activating group) is 1. The van der Waals surface area contributed by atoms with Crippen LogP contribution in [0.15, 0.2) is 54.7 Å². The first-order chi connectivity index (χ1) is 10.2. The van der Waals surface area contributed by atoms with Gasteiger partial charge in [0.1, 0.15) is 4.64 Å². The van der Waals surface area contributed by atoms with Crippen molar-refractivity contribution in [3.63, 3.8) is 0 Å². The zero-order valence-corrected chi connectivity index (χ0v) is 12.5. The number of carbonyl (C=O) groups excluding carboxylic acids is 1. The Morgan fingerprint density at radius 3 is 2.67 bits per heavy atom. The van der Waals surface area contributed by atoms with Gasteiger partial charge in [0.2, 0.25) is 0 Å². The highest BCUT2D eigenvalue weighted by molar-refractivity contribution is 7.71. The van der Waals surface area contributed by atoms with Crippen LogP contribution < -0.4 is 4.84 Å². The Bertz CT molecular complexity index is 699. The molecule has 0 spiro atoms. The van der Waals surface area contributed by atoms with E-state index in [1.807, 2.05) is 24.3 Å². The van der Waals surface area contributed by atoms with Crippen molar-refractivity contribution in [1.29, 1.82) is 0 Å². The number of carbonyl (C=O) groups is 1. The zero-order chi connectivity index (χ0) is 14.8. The van der Waals surface area contributed by atoms with Crippen molar-refractivity contribution in [3.8, 4) is 0 Å². The fourth-order valence-corrected chi connectivity index (χ4v) is 2.62. The molecule has 0 radical (unpaired) electrons. The predicted octanol–water partition coefficient (Wildman–Crippen LogP) is 3.25. The highest BCUT2D eigenvalue weighted by Gasteiger charge is 2.43. The maximum atomic E-state index is 12.2. The second kappa shape index (κ2) is 5.69. The second-order valence-corrected chi connectivity index (χ2v) is 5.57. The number of nitrogens with zero attached hydrogens (tertiary/aromatic N) is 2. The lowest BCUT2D eigenvalue weighted by atomic mass is 10.1. The van der Waals surface area contributed by atoms with Gasteiger partial charge in [-0.25, -0.2) is 4.79 Å². The van der Waals surface area contributed by atoms with Crippen molar-refractivity contribution < 1.29 is 9.63 Å². The summed E-state index contributed by atoms with van der Waals surface area (Å²) in [5.74, 6) is 0.396. The molecule has 0 N–H and O–H groups in total. The average Bonchev–Trinajstić information content (AvgIpc) is 3.30. The molecule has 108 valence electrons. The standard InChI is InChI=1S/C16H16N2O2S/c1-17(14-11-13(14)12-7-3-2-4-8-12)16(19)20-18-10-6-5-9-15(18)21/h2-10,13-14H,11H2,1H3/t13-,14+/m1/s1. The predicted molar refractivity (Wildman–Crippen MR) is 82.6 cm³/mol. The zero-order valence-electron chi connectivity index (χ0n) is 11.7. The van der Waals surface area contributed by atoms with Gasteiger partial charge >= 0.3 is 6.09 Å². The van der Waals surface area contributed by atoms with Gasteiger partial charge in [-0.15, -0.1) is 0 Å². The molecular weight excluding hydrogens is 284 g/mol. The monoisotopic (exact) mass is 300 g/mol. The molecule has 3 rings (SSSR count). The first kappa shape index (κ1) is 13.8. The van der Waals surface area contributed by atoms with Gasteiger partial charge < -0.3 is 9.74 Å². The minimum Gasteiger partial charge on any atom is -0.316 e. The molecule has 1 saturated carbocycles. The normalized spacial score (nSPS) is 19.9. The molecule has 2 aromatic rings. The summed E-state index contributed by atoms with van der Waals surface area (Å²) >= 11 is 5.11. The SMILES string of the molecule is CN(C(=O)On1ccccc1=S)[C@H]1C[C@@H]1c1ccccc1. The Labute approximate surface area is 128 Å². The van der Waals surface area contributed by atoms with E-state index in [2.05, 4.69) is 12.1 Å². The Balaban J connectivity index is 1.64. The van der Waals surface area contributed by atoms with Gasteiger partial charge in [0, 0.05) is 25.2 Å². The molecule has 0 unspecified atom stereocenters. The maximum Gasteiger partial charge on any atom is 0.434 e. The van der Waals surface area contributed by atoms with Gasteiger partial charge in [0.05, 0.1) is 0 Å². The Morgan fingerprint density at radius 1 is 1.24 bits per heavy atom. The third-order valence-electron chi connectivity index (χ3n) is 3.73. The first-order valence-electron chi connectivity index (χ1n) is 6.84. The third kappa shape index (κ3) is 2.97. The highest BCUT2D eigenvalue weighted by Crippen LogP contribution is 2.44. The van der Waals surface area contributed by atoms with Crippen molar-refractivity contribution in [2.24, 2.45) is 0 Å². The fraction of sp³-hybridized carbons (Fsp3) is 0.250. The third-order valence-corrected chi connectivity index (χ3v) is 4.05. The van der Waals surface area contributed by atoms with Gasteiger partial charge in [-0.3, -0.25) is 0 Å². The number of hydrogen-bond donors (Lipinski definition) is 0. The fourth-order valence-electron chi connectivity index (χ4n) is 2.44. The van der Waals surface area contributed by atoms with Crippen molar-refractivity contribution in [3.05, 3.63) is 64.9 Å². The quantitative estimate of drug-likeness (QED) is 0.816. The summed E-state index contributed by atoms with van der Waals surface area (Å²) < 4.78 is 1.78. The minimum absolute atomic E-state index is 0.192. The average molecular weight is 300 g/mol. The van der Waals surface area contributed by atoms with Crippen molar-refractivity contribution in [1.82, 2.24) is 9.63 Å². The Hall–Kier alpha value is -2.14. The summed E-state index contributed by atoms with van der Waals surface area (Å²) in [7, 11) is 1.77. The van der Waals surface area contributed by atoms with Crippen LogP contribution in [0.2, 0.25) is 0 Å². The Kier molecular flexibility index (Phi) is 3.75. The van der Waals surface area contributed by atoms with E-state index in [1.54, 1.807) is 30.3 Å². The molecule has 1 fully saturated rings. The lowest BCUT2D eigenvalue weighted by Gasteiger charge is -2.17. The molecule has 4 nitrogen and oxygen atoms in total. The number of aromatic nitrogens is 1. The van der Waals surface area contributed by atoms with Crippen LogP contribution in [-0.4, -0.2) is 28.8 Å². The molecule has 0 aliphatic heterocycles. The molecule has 2 atom stereocenters. The molecule has 1 heterocycles. The van der Waals surface area contributed by atoms with E-state index in [1.165, 1.54) is 10.3 Å².